The lowest BCUT2D eigenvalue weighted by molar-refractivity contribution is -0.124. The van der Waals surface area contributed by atoms with Crippen molar-refractivity contribution in [1.82, 2.24) is 9.91 Å². The molecule has 0 spiro atoms. The fraction of sp³-hybridized carbons (Fsp3) is 0.381. The van der Waals surface area contributed by atoms with Gasteiger partial charge in [0, 0.05) is 14.1 Å². The van der Waals surface area contributed by atoms with Gasteiger partial charge in [0.25, 0.3) is 5.91 Å². The van der Waals surface area contributed by atoms with Gasteiger partial charge in [0.2, 0.25) is 0 Å². The molecular formula is C21H27N3O. The van der Waals surface area contributed by atoms with Gasteiger partial charge in [-0.15, -0.1) is 0 Å². The van der Waals surface area contributed by atoms with Crippen molar-refractivity contribution in [3.63, 3.8) is 0 Å². The summed E-state index contributed by atoms with van der Waals surface area (Å²) in [5.74, 6) is 0.142. The molecule has 0 N–H and O–H groups in total. The SMILES string of the molecule is CN(C)CCC[C@@]1(c2ccccc2)C(=O)N(N(C)C)c2ccccc21. The van der Waals surface area contributed by atoms with Gasteiger partial charge in [0.15, 0.2) is 0 Å². The van der Waals surface area contributed by atoms with Crippen molar-refractivity contribution in [3.8, 4) is 0 Å². The van der Waals surface area contributed by atoms with Crippen LogP contribution in [0.4, 0.5) is 5.69 Å². The third kappa shape index (κ3) is 2.96. The predicted molar refractivity (Wildman–Crippen MR) is 103 cm³/mol. The molecule has 2 aromatic rings. The zero-order valence-electron chi connectivity index (χ0n) is 15.6. The molecule has 4 nitrogen and oxygen atoms in total. The van der Waals surface area contributed by atoms with E-state index >= 15 is 0 Å². The van der Waals surface area contributed by atoms with E-state index in [0.29, 0.717) is 0 Å². The zero-order valence-corrected chi connectivity index (χ0v) is 15.6. The minimum atomic E-state index is -0.613. The molecule has 0 aromatic heterocycles. The maximum absolute atomic E-state index is 13.7. The van der Waals surface area contributed by atoms with Gasteiger partial charge in [-0.2, -0.15) is 0 Å². The van der Waals surface area contributed by atoms with Gasteiger partial charge in [-0.25, -0.2) is 10.0 Å². The summed E-state index contributed by atoms with van der Waals surface area (Å²) in [6.07, 6.45) is 1.76. The van der Waals surface area contributed by atoms with Crippen molar-refractivity contribution < 1.29 is 4.79 Å². The number of carbonyl (C=O) groups excluding carboxylic acids is 1. The lowest BCUT2D eigenvalue weighted by Gasteiger charge is -2.31. The van der Waals surface area contributed by atoms with E-state index in [2.05, 4.69) is 37.2 Å². The summed E-state index contributed by atoms with van der Waals surface area (Å²) < 4.78 is 0. The monoisotopic (exact) mass is 337 g/mol. The Morgan fingerprint density at radius 1 is 0.920 bits per heavy atom. The third-order valence-electron chi connectivity index (χ3n) is 4.97. The third-order valence-corrected chi connectivity index (χ3v) is 4.97. The number of benzene rings is 2. The molecule has 0 saturated heterocycles. The average molecular weight is 337 g/mol. The van der Waals surface area contributed by atoms with E-state index in [1.165, 1.54) is 0 Å². The molecule has 3 rings (SSSR count). The van der Waals surface area contributed by atoms with E-state index in [1.807, 2.05) is 60.5 Å². The van der Waals surface area contributed by atoms with E-state index in [4.69, 9.17) is 0 Å². The largest absolute Gasteiger partial charge is 0.309 e. The quantitative estimate of drug-likeness (QED) is 0.810. The number of amides is 1. The summed E-state index contributed by atoms with van der Waals surface area (Å²) in [4.78, 5) is 15.8. The number of hydrogen-bond acceptors (Lipinski definition) is 3. The van der Waals surface area contributed by atoms with E-state index in [1.54, 1.807) is 0 Å². The fourth-order valence-corrected chi connectivity index (χ4v) is 3.87. The van der Waals surface area contributed by atoms with Crippen LogP contribution in [0.2, 0.25) is 0 Å². The maximum Gasteiger partial charge on any atom is 0.256 e. The van der Waals surface area contributed by atoms with Crippen LogP contribution in [-0.2, 0) is 10.2 Å². The van der Waals surface area contributed by atoms with Gasteiger partial charge in [0.1, 0.15) is 5.41 Å². The highest BCUT2D eigenvalue weighted by Crippen LogP contribution is 2.49. The summed E-state index contributed by atoms with van der Waals surface area (Å²) in [5.41, 5.74) is 2.57. The van der Waals surface area contributed by atoms with Crippen molar-refractivity contribution in [2.75, 3.05) is 39.7 Å². The molecule has 1 heterocycles. The molecule has 0 saturated carbocycles. The Morgan fingerprint density at radius 2 is 1.56 bits per heavy atom. The Kier molecular flexibility index (Phi) is 4.93. The number of para-hydroxylation sites is 1. The summed E-state index contributed by atoms with van der Waals surface area (Å²) in [6.45, 7) is 0.964. The Bertz CT molecular complexity index is 742. The van der Waals surface area contributed by atoms with Crippen LogP contribution < -0.4 is 5.01 Å². The summed E-state index contributed by atoms with van der Waals surface area (Å²) in [5, 5.41) is 3.70. The van der Waals surface area contributed by atoms with Crippen LogP contribution in [0.5, 0.6) is 0 Å². The van der Waals surface area contributed by atoms with Crippen LogP contribution in [-0.4, -0.2) is 50.6 Å². The predicted octanol–water partition coefficient (Wildman–Crippen LogP) is 3.14. The molecule has 1 aliphatic heterocycles. The van der Waals surface area contributed by atoms with Gasteiger partial charge in [0.05, 0.1) is 5.69 Å². The van der Waals surface area contributed by atoms with Crippen molar-refractivity contribution in [2.24, 2.45) is 0 Å². The molecule has 2 aromatic carbocycles. The molecule has 4 heteroatoms. The van der Waals surface area contributed by atoms with Crippen molar-refractivity contribution in [3.05, 3.63) is 65.7 Å². The molecule has 0 unspecified atom stereocenters. The summed E-state index contributed by atoms with van der Waals surface area (Å²) in [6, 6.07) is 18.4. The Balaban J connectivity index is 2.15. The highest BCUT2D eigenvalue weighted by atomic mass is 16.2. The molecule has 0 bridgehead atoms. The Hall–Kier alpha value is -2.17. The highest BCUT2D eigenvalue weighted by Gasteiger charge is 2.52. The van der Waals surface area contributed by atoms with Gasteiger partial charge in [-0.3, -0.25) is 4.79 Å². The van der Waals surface area contributed by atoms with E-state index in [0.717, 1.165) is 36.2 Å². The van der Waals surface area contributed by atoms with E-state index in [-0.39, 0.29) is 5.91 Å². The average Bonchev–Trinajstić information content (AvgIpc) is 2.85. The van der Waals surface area contributed by atoms with Gasteiger partial charge in [-0.05, 0) is 50.7 Å². The highest BCUT2D eigenvalue weighted by molar-refractivity contribution is 6.09. The number of carbonyl (C=O) groups is 1. The van der Waals surface area contributed by atoms with Crippen molar-refractivity contribution in [1.29, 1.82) is 0 Å². The molecule has 1 atom stereocenters. The first kappa shape index (κ1) is 17.6. The van der Waals surface area contributed by atoms with Gasteiger partial charge in [-0.1, -0.05) is 48.5 Å². The molecule has 132 valence electrons. The zero-order chi connectivity index (χ0) is 18.0. The summed E-state index contributed by atoms with van der Waals surface area (Å²) in [7, 11) is 8.00. The molecule has 0 fully saturated rings. The molecule has 1 aliphatic rings. The first-order chi connectivity index (χ1) is 12.0. The van der Waals surface area contributed by atoms with Crippen LogP contribution in [0.1, 0.15) is 24.0 Å². The van der Waals surface area contributed by atoms with Crippen molar-refractivity contribution in [2.45, 2.75) is 18.3 Å². The second-order valence-corrected chi connectivity index (χ2v) is 7.16. The number of hydrazine groups is 1. The molecule has 0 aliphatic carbocycles. The number of anilines is 1. The first-order valence-corrected chi connectivity index (χ1v) is 8.80. The second kappa shape index (κ2) is 6.98. The molecule has 1 amide bonds. The molecule has 25 heavy (non-hydrogen) atoms. The van der Waals surface area contributed by atoms with Gasteiger partial charge < -0.3 is 4.90 Å². The topological polar surface area (TPSA) is 26.8 Å². The molecule has 0 radical (unpaired) electrons. The van der Waals surface area contributed by atoms with Crippen LogP contribution in [0.3, 0.4) is 0 Å². The number of nitrogens with zero attached hydrogens (tertiary/aromatic N) is 3. The second-order valence-electron chi connectivity index (χ2n) is 7.16. The smallest absolute Gasteiger partial charge is 0.256 e. The van der Waals surface area contributed by atoms with Crippen LogP contribution in [0.25, 0.3) is 0 Å². The van der Waals surface area contributed by atoms with Crippen LogP contribution >= 0.6 is 0 Å². The standard InChI is InChI=1S/C21H27N3O/c1-22(2)16-10-15-21(17-11-6-5-7-12-17)18-13-8-9-14-19(18)24(20(21)25)23(3)4/h5-9,11-14H,10,15-16H2,1-4H3/t21-/m0/s1. The lowest BCUT2D eigenvalue weighted by Crippen LogP contribution is -2.47. The normalized spacial score (nSPS) is 19.8. The lowest BCUT2D eigenvalue weighted by atomic mass is 9.72. The fourth-order valence-electron chi connectivity index (χ4n) is 3.87. The van der Waals surface area contributed by atoms with E-state index in [9.17, 15) is 4.79 Å². The van der Waals surface area contributed by atoms with E-state index < -0.39 is 5.41 Å². The van der Waals surface area contributed by atoms with Crippen molar-refractivity contribution >= 4 is 11.6 Å². The minimum Gasteiger partial charge on any atom is -0.309 e. The van der Waals surface area contributed by atoms with Crippen LogP contribution in [0.15, 0.2) is 54.6 Å². The minimum absolute atomic E-state index is 0.142. The maximum atomic E-state index is 13.7. The van der Waals surface area contributed by atoms with Crippen LogP contribution in [0, 0.1) is 0 Å². The number of fused-ring (bicyclic) bond motifs is 1. The molecular weight excluding hydrogens is 310 g/mol. The van der Waals surface area contributed by atoms with Gasteiger partial charge >= 0.3 is 0 Å². The Morgan fingerprint density at radius 3 is 2.20 bits per heavy atom. The first-order valence-electron chi connectivity index (χ1n) is 8.80. The number of hydrogen-bond donors (Lipinski definition) is 0. The number of rotatable bonds is 6. The Labute approximate surface area is 150 Å². The summed E-state index contributed by atoms with van der Waals surface area (Å²) >= 11 is 0.